The smallest absolute Gasteiger partial charge is 0.248 e. The number of nitrogen functional groups attached to an aromatic ring is 1. The third-order valence-electron chi connectivity index (χ3n) is 3.71. The van der Waals surface area contributed by atoms with Crippen molar-refractivity contribution in [2.45, 2.75) is 50.1 Å². The maximum absolute atomic E-state index is 12.8. The molecule has 2 N–H and O–H groups in total. The van der Waals surface area contributed by atoms with Gasteiger partial charge in [-0.15, -0.1) is 6.58 Å². The lowest BCUT2D eigenvalue weighted by Crippen LogP contribution is -2.39. The summed E-state index contributed by atoms with van der Waals surface area (Å²) in [5, 5.41) is 4.03. The van der Waals surface area contributed by atoms with Gasteiger partial charge in [0.15, 0.2) is 5.82 Å². The van der Waals surface area contributed by atoms with Crippen LogP contribution in [0.4, 0.5) is 5.82 Å². The van der Waals surface area contributed by atoms with E-state index < -0.39 is 10.0 Å². The summed E-state index contributed by atoms with van der Waals surface area (Å²) in [6.45, 7) is 6.45. The van der Waals surface area contributed by atoms with Crippen LogP contribution in [0.3, 0.4) is 0 Å². The van der Waals surface area contributed by atoms with Crippen molar-refractivity contribution >= 4 is 15.8 Å². The third kappa shape index (κ3) is 2.73. The first kappa shape index (κ1) is 15.1. The lowest BCUT2D eigenvalue weighted by molar-refractivity contribution is 0.348. The van der Waals surface area contributed by atoms with Crippen molar-refractivity contribution in [3.8, 4) is 0 Å². The standard InChI is InChI=1S/C13H22N4O2S/c1-3-9-17(11-7-5-6-8-11)20(18,19)12-10-16(4-2)15-13(12)14/h3,10-11H,1,4-9H2,2H3,(H2,14,15). The Kier molecular flexibility index (Phi) is 4.49. The van der Waals surface area contributed by atoms with Gasteiger partial charge in [-0.3, -0.25) is 4.68 Å². The van der Waals surface area contributed by atoms with Gasteiger partial charge in [0.25, 0.3) is 0 Å². The fourth-order valence-corrected chi connectivity index (χ4v) is 4.39. The number of aromatic nitrogens is 2. The van der Waals surface area contributed by atoms with E-state index in [9.17, 15) is 8.42 Å². The van der Waals surface area contributed by atoms with Crippen molar-refractivity contribution in [1.29, 1.82) is 0 Å². The van der Waals surface area contributed by atoms with Crippen LogP contribution >= 0.6 is 0 Å². The number of hydrogen-bond acceptors (Lipinski definition) is 4. The van der Waals surface area contributed by atoms with E-state index in [1.54, 1.807) is 10.8 Å². The molecule has 1 heterocycles. The van der Waals surface area contributed by atoms with Gasteiger partial charge < -0.3 is 5.73 Å². The topological polar surface area (TPSA) is 81.2 Å². The maximum atomic E-state index is 12.8. The van der Waals surface area contributed by atoms with Crippen molar-refractivity contribution in [3.05, 3.63) is 18.9 Å². The molecule has 20 heavy (non-hydrogen) atoms. The molecule has 0 aliphatic heterocycles. The Bertz CT molecular complexity index is 573. The number of rotatable bonds is 6. The minimum atomic E-state index is -3.61. The molecular formula is C13H22N4O2S. The van der Waals surface area contributed by atoms with Crippen LogP contribution in [0, 0.1) is 0 Å². The van der Waals surface area contributed by atoms with Crippen LogP contribution in [-0.4, -0.2) is 35.1 Å². The summed E-state index contributed by atoms with van der Waals surface area (Å²) in [4.78, 5) is 0.105. The van der Waals surface area contributed by atoms with Gasteiger partial charge in [0.05, 0.1) is 0 Å². The van der Waals surface area contributed by atoms with E-state index in [1.807, 2.05) is 6.92 Å². The molecule has 0 bridgehead atoms. The number of nitrogens with two attached hydrogens (primary N) is 1. The van der Waals surface area contributed by atoms with E-state index in [4.69, 9.17) is 5.73 Å². The minimum Gasteiger partial charge on any atom is -0.381 e. The molecular weight excluding hydrogens is 276 g/mol. The summed E-state index contributed by atoms with van der Waals surface area (Å²) in [5.74, 6) is 0.0684. The van der Waals surface area contributed by atoms with E-state index in [0.717, 1.165) is 25.7 Å². The van der Waals surface area contributed by atoms with Gasteiger partial charge in [-0.05, 0) is 19.8 Å². The Balaban J connectivity index is 2.38. The quantitative estimate of drug-likeness (QED) is 0.809. The maximum Gasteiger partial charge on any atom is 0.248 e. The number of nitrogens with zero attached hydrogens (tertiary/aromatic N) is 3. The molecule has 0 aromatic carbocycles. The molecule has 0 atom stereocenters. The molecule has 1 fully saturated rings. The Morgan fingerprint density at radius 1 is 1.55 bits per heavy atom. The summed E-state index contributed by atoms with van der Waals surface area (Å²) in [7, 11) is -3.61. The predicted molar refractivity (Wildman–Crippen MR) is 78.7 cm³/mol. The van der Waals surface area contributed by atoms with Crippen molar-refractivity contribution < 1.29 is 8.42 Å². The highest BCUT2D eigenvalue weighted by atomic mass is 32.2. The van der Waals surface area contributed by atoms with E-state index in [1.165, 1.54) is 10.5 Å². The Hall–Kier alpha value is -1.34. The van der Waals surface area contributed by atoms with Gasteiger partial charge in [-0.1, -0.05) is 18.9 Å². The van der Waals surface area contributed by atoms with Crippen LogP contribution in [0.15, 0.2) is 23.7 Å². The average molecular weight is 298 g/mol. The van der Waals surface area contributed by atoms with Gasteiger partial charge in [0.1, 0.15) is 4.90 Å². The van der Waals surface area contributed by atoms with Gasteiger partial charge in [-0.25, -0.2) is 8.42 Å². The molecule has 112 valence electrons. The number of sulfonamides is 1. The predicted octanol–water partition coefficient (Wildman–Crippen LogP) is 1.60. The molecule has 1 aliphatic rings. The summed E-state index contributed by atoms with van der Waals surface area (Å²) in [5.41, 5.74) is 5.77. The molecule has 1 aromatic heterocycles. The van der Waals surface area contributed by atoms with E-state index >= 15 is 0 Å². The van der Waals surface area contributed by atoms with Gasteiger partial charge in [0.2, 0.25) is 10.0 Å². The summed E-state index contributed by atoms with van der Waals surface area (Å²) in [6.07, 6.45) is 7.06. The highest BCUT2D eigenvalue weighted by molar-refractivity contribution is 7.89. The van der Waals surface area contributed by atoms with Crippen LogP contribution in [0.2, 0.25) is 0 Å². The molecule has 2 rings (SSSR count). The highest BCUT2D eigenvalue weighted by Gasteiger charge is 2.34. The first-order chi connectivity index (χ1) is 9.50. The Morgan fingerprint density at radius 2 is 2.20 bits per heavy atom. The first-order valence-electron chi connectivity index (χ1n) is 6.96. The second-order valence-corrected chi connectivity index (χ2v) is 6.89. The zero-order valence-electron chi connectivity index (χ0n) is 11.8. The molecule has 1 aromatic rings. The second-order valence-electron chi connectivity index (χ2n) is 5.04. The SMILES string of the molecule is C=CCN(C1CCCC1)S(=O)(=O)c1cn(CC)nc1N. The second kappa shape index (κ2) is 5.97. The van der Waals surface area contributed by atoms with E-state index in [2.05, 4.69) is 11.7 Å². The molecule has 7 heteroatoms. The van der Waals surface area contributed by atoms with Gasteiger partial charge in [-0.2, -0.15) is 9.40 Å². The minimum absolute atomic E-state index is 0.0439. The highest BCUT2D eigenvalue weighted by Crippen LogP contribution is 2.30. The largest absolute Gasteiger partial charge is 0.381 e. The lowest BCUT2D eigenvalue weighted by Gasteiger charge is -2.26. The number of aryl methyl sites for hydroxylation is 1. The summed E-state index contributed by atoms with van der Waals surface area (Å²) >= 11 is 0. The van der Waals surface area contributed by atoms with E-state index in [0.29, 0.717) is 13.1 Å². The molecule has 0 saturated heterocycles. The van der Waals surface area contributed by atoms with Crippen LogP contribution in [0.25, 0.3) is 0 Å². The molecule has 6 nitrogen and oxygen atoms in total. The lowest BCUT2D eigenvalue weighted by atomic mass is 10.2. The fourth-order valence-electron chi connectivity index (χ4n) is 2.67. The average Bonchev–Trinajstić information content (AvgIpc) is 3.04. The fraction of sp³-hybridized carbons (Fsp3) is 0.615. The third-order valence-corrected chi connectivity index (χ3v) is 5.64. The number of anilines is 1. The monoisotopic (exact) mass is 298 g/mol. The van der Waals surface area contributed by atoms with Gasteiger partial charge >= 0.3 is 0 Å². The summed E-state index contributed by atoms with van der Waals surface area (Å²) in [6, 6.07) is 0.0439. The Morgan fingerprint density at radius 3 is 2.70 bits per heavy atom. The number of hydrogen-bond donors (Lipinski definition) is 1. The molecule has 1 saturated carbocycles. The molecule has 0 unspecified atom stereocenters. The van der Waals surface area contributed by atoms with Crippen LogP contribution in [0.5, 0.6) is 0 Å². The van der Waals surface area contributed by atoms with Crippen LogP contribution < -0.4 is 5.73 Å². The van der Waals surface area contributed by atoms with Crippen LogP contribution in [0.1, 0.15) is 32.6 Å². The first-order valence-corrected chi connectivity index (χ1v) is 8.40. The normalized spacial score (nSPS) is 16.9. The molecule has 0 amide bonds. The van der Waals surface area contributed by atoms with Crippen molar-refractivity contribution in [1.82, 2.24) is 14.1 Å². The van der Waals surface area contributed by atoms with Crippen molar-refractivity contribution in [3.63, 3.8) is 0 Å². The molecule has 0 radical (unpaired) electrons. The van der Waals surface area contributed by atoms with Crippen molar-refractivity contribution in [2.75, 3.05) is 12.3 Å². The van der Waals surface area contributed by atoms with Crippen LogP contribution in [-0.2, 0) is 16.6 Å². The van der Waals surface area contributed by atoms with E-state index in [-0.39, 0.29) is 16.8 Å². The van der Waals surface area contributed by atoms with Gasteiger partial charge in [0, 0.05) is 25.3 Å². The molecule has 0 spiro atoms. The zero-order valence-corrected chi connectivity index (χ0v) is 12.6. The van der Waals surface area contributed by atoms with Crippen molar-refractivity contribution in [2.24, 2.45) is 0 Å². The molecule has 1 aliphatic carbocycles. The Labute approximate surface area is 120 Å². The zero-order chi connectivity index (χ0) is 14.8. The summed E-state index contributed by atoms with van der Waals surface area (Å²) < 4.78 is 28.7.